The molecule has 2 nitrogen and oxygen atoms in total. The van der Waals surface area contributed by atoms with Crippen molar-refractivity contribution in [3.63, 3.8) is 0 Å². The quantitative estimate of drug-likeness (QED) is 0.746. The Morgan fingerprint density at radius 2 is 2.07 bits per heavy atom. The Balaban J connectivity index is 1.71. The highest BCUT2D eigenvalue weighted by molar-refractivity contribution is 7.09. The SMILES string of the molecule is CN1CCN(CCc2cccs2)CC1. The molecular formula is C11H18N2S. The van der Waals surface area contributed by atoms with Gasteiger partial charge in [-0.05, 0) is 24.9 Å². The summed E-state index contributed by atoms with van der Waals surface area (Å²) in [6, 6.07) is 4.38. The fourth-order valence-electron chi connectivity index (χ4n) is 1.79. The lowest BCUT2D eigenvalue weighted by atomic mass is 10.3. The first-order valence-electron chi connectivity index (χ1n) is 5.28. The van der Waals surface area contributed by atoms with E-state index in [9.17, 15) is 0 Å². The van der Waals surface area contributed by atoms with Crippen LogP contribution in [0.1, 0.15) is 4.88 Å². The maximum atomic E-state index is 2.57. The van der Waals surface area contributed by atoms with Gasteiger partial charge in [-0.25, -0.2) is 0 Å². The van der Waals surface area contributed by atoms with Crippen LogP contribution in [0, 0.1) is 0 Å². The van der Waals surface area contributed by atoms with Crippen molar-refractivity contribution in [2.45, 2.75) is 6.42 Å². The molecule has 78 valence electrons. The molecule has 0 aromatic carbocycles. The fourth-order valence-corrected chi connectivity index (χ4v) is 2.49. The number of hydrogen-bond donors (Lipinski definition) is 0. The summed E-state index contributed by atoms with van der Waals surface area (Å²) in [4.78, 5) is 6.49. The summed E-state index contributed by atoms with van der Waals surface area (Å²) in [6.45, 7) is 6.16. The largest absolute Gasteiger partial charge is 0.304 e. The molecule has 2 rings (SSSR count). The molecule has 0 aliphatic carbocycles. The minimum absolute atomic E-state index is 1.22. The van der Waals surface area contributed by atoms with Gasteiger partial charge in [0, 0.05) is 37.6 Å². The van der Waals surface area contributed by atoms with E-state index in [2.05, 4.69) is 34.4 Å². The van der Waals surface area contributed by atoms with Crippen LogP contribution in [0.25, 0.3) is 0 Å². The molecule has 1 aliphatic heterocycles. The van der Waals surface area contributed by atoms with Gasteiger partial charge in [0.1, 0.15) is 0 Å². The second kappa shape index (κ2) is 4.91. The van der Waals surface area contributed by atoms with Crippen LogP contribution in [0.15, 0.2) is 17.5 Å². The van der Waals surface area contributed by atoms with E-state index in [0.29, 0.717) is 0 Å². The molecule has 1 fully saturated rings. The first-order valence-corrected chi connectivity index (χ1v) is 6.16. The fraction of sp³-hybridized carbons (Fsp3) is 0.636. The van der Waals surface area contributed by atoms with Crippen molar-refractivity contribution in [3.05, 3.63) is 22.4 Å². The Kier molecular flexibility index (Phi) is 3.56. The van der Waals surface area contributed by atoms with Gasteiger partial charge in [-0.2, -0.15) is 0 Å². The number of hydrogen-bond acceptors (Lipinski definition) is 3. The lowest BCUT2D eigenvalue weighted by molar-refractivity contribution is 0.156. The van der Waals surface area contributed by atoms with Crippen molar-refractivity contribution in [1.82, 2.24) is 9.80 Å². The van der Waals surface area contributed by atoms with Gasteiger partial charge >= 0.3 is 0 Å². The van der Waals surface area contributed by atoms with E-state index in [1.165, 1.54) is 44.0 Å². The third kappa shape index (κ3) is 2.80. The van der Waals surface area contributed by atoms with Gasteiger partial charge in [-0.15, -0.1) is 11.3 Å². The topological polar surface area (TPSA) is 6.48 Å². The molecule has 1 saturated heterocycles. The lowest BCUT2D eigenvalue weighted by Crippen LogP contribution is -2.45. The van der Waals surface area contributed by atoms with Crippen LogP contribution in [0.2, 0.25) is 0 Å². The van der Waals surface area contributed by atoms with E-state index in [4.69, 9.17) is 0 Å². The first-order chi connectivity index (χ1) is 6.84. The molecule has 1 aromatic rings. The van der Waals surface area contributed by atoms with E-state index >= 15 is 0 Å². The van der Waals surface area contributed by atoms with Gasteiger partial charge in [0.2, 0.25) is 0 Å². The molecule has 0 saturated carbocycles. The Morgan fingerprint density at radius 1 is 1.29 bits per heavy atom. The number of piperazine rings is 1. The van der Waals surface area contributed by atoms with Crippen molar-refractivity contribution in [3.8, 4) is 0 Å². The number of thiophene rings is 1. The third-order valence-corrected chi connectivity index (χ3v) is 3.79. The normalized spacial score (nSPS) is 20.1. The van der Waals surface area contributed by atoms with Crippen molar-refractivity contribution >= 4 is 11.3 Å². The molecule has 0 bridgehead atoms. The van der Waals surface area contributed by atoms with E-state index in [1.807, 2.05) is 11.3 Å². The zero-order valence-corrected chi connectivity index (χ0v) is 9.59. The van der Waals surface area contributed by atoms with Crippen molar-refractivity contribution in [2.24, 2.45) is 0 Å². The lowest BCUT2D eigenvalue weighted by Gasteiger charge is -2.32. The highest BCUT2D eigenvalue weighted by atomic mass is 32.1. The Hall–Kier alpha value is -0.380. The molecule has 3 heteroatoms. The van der Waals surface area contributed by atoms with Crippen LogP contribution < -0.4 is 0 Å². The van der Waals surface area contributed by atoms with E-state index in [-0.39, 0.29) is 0 Å². The summed E-state index contributed by atoms with van der Waals surface area (Å²) >= 11 is 1.87. The van der Waals surface area contributed by atoms with Crippen LogP contribution in [-0.4, -0.2) is 49.6 Å². The van der Waals surface area contributed by atoms with Crippen molar-refractivity contribution in [2.75, 3.05) is 39.8 Å². The van der Waals surface area contributed by atoms with Crippen LogP contribution >= 0.6 is 11.3 Å². The maximum absolute atomic E-state index is 2.57. The summed E-state index contributed by atoms with van der Waals surface area (Å²) in [5.74, 6) is 0. The second-order valence-electron chi connectivity index (χ2n) is 3.97. The summed E-state index contributed by atoms with van der Waals surface area (Å²) in [5.41, 5.74) is 0. The minimum Gasteiger partial charge on any atom is -0.304 e. The van der Waals surface area contributed by atoms with Crippen LogP contribution in [0.3, 0.4) is 0 Å². The van der Waals surface area contributed by atoms with Gasteiger partial charge in [0.15, 0.2) is 0 Å². The molecule has 1 aromatic heterocycles. The average Bonchev–Trinajstić information content (AvgIpc) is 2.70. The Bertz CT molecular complexity index is 250. The van der Waals surface area contributed by atoms with Gasteiger partial charge in [-0.1, -0.05) is 6.07 Å². The number of rotatable bonds is 3. The van der Waals surface area contributed by atoms with Gasteiger partial charge < -0.3 is 9.80 Å². The summed E-state index contributed by atoms with van der Waals surface area (Å²) in [5, 5.41) is 2.17. The molecule has 0 amide bonds. The van der Waals surface area contributed by atoms with E-state index < -0.39 is 0 Å². The van der Waals surface area contributed by atoms with Crippen LogP contribution in [-0.2, 0) is 6.42 Å². The highest BCUT2D eigenvalue weighted by Gasteiger charge is 2.12. The predicted octanol–water partition coefficient (Wildman–Crippen LogP) is 1.54. The first kappa shape index (κ1) is 10.1. The Morgan fingerprint density at radius 3 is 2.71 bits per heavy atom. The maximum Gasteiger partial charge on any atom is 0.0110 e. The zero-order valence-electron chi connectivity index (χ0n) is 8.78. The molecule has 2 heterocycles. The zero-order chi connectivity index (χ0) is 9.80. The monoisotopic (exact) mass is 210 g/mol. The number of likely N-dealkylation sites (N-methyl/N-ethyl adjacent to an activating group) is 1. The van der Waals surface area contributed by atoms with Crippen molar-refractivity contribution < 1.29 is 0 Å². The molecule has 0 unspecified atom stereocenters. The molecular weight excluding hydrogens is 192 g/mol. The molecule has 0 N–H and O–H groups in total. The average molecular weight is 210 g/mol. The van der Waals surface area contributed by atoms with E-state index in [1.54, 1.807) is 0 Å². The summed E-state index contributed by atoms with van der Waals surface area (Å²) in [7, 11) is 2.20. The highest BCUT2D eigenvalue weighted by Crippen LogP contribution is 2.10. The minimum atomic E-state index is 1.22. The predicted molar refractivity (Wildman–Crippen MR) is 62.0 cm³/mol. The second-order valence-corrected chi connectivity index (χ2v) is 5.01. The Labute approximate surface area is 90.1 Å². The smallest absolute Gasteiger partial charge is 0.0110 e. The summed E-state index contributed by atoms with van der Waals surface area (Å²) < 4.78 is 0. The molecule has 0 radical (unpaired) electrons. The molecule has 0 atom stereocenters. The third-order valence-electron chi connectivity index (χ3n) is 2.85. The standard InChI is InChI=1S/C11H18N2S/c1-12-6-8-13(9-7-12)5-4-11-3-2-10-14-11/h2-3,10H,4-9H2,1H3. The van der Waals surface area contributed by atoms with Gasteiger partial charge in [-0.3, -0.25) is 0 Å². The number of nitrogens with zero attached hydrogens (tertiary/aromatic N) is 2. The molecule has 14 heavy (non-hydrogen) atoms. The molecule has 0 spiro atoms. The van der Waals surface area contributed by atoms with E-state index in [0.717, 1.165) is 0 Å². The van der Waals surface area contributed by atoms with Crippen LogP contribution in [0.5, 0.6) is 0 Å². The van der Waals surface area contributed by atoms with Crippen molar-refractivity contribution in [1.29, 1.82) is 0 Å². The molecule has 1 aliphatic rings. The van der Waals surface area contributed by atoms with Crippen LogP contribution in [0.4, 0.5) is 0 Å². The summed E-state index contributed by atoms with van der Waals surface area (Å²) in [6.07, 6.45) is 1.22. The van der Waals surface area contributed by atoms with Gasteiger partial charge in [0.05, 0.1) is 0 Å². The van der Waals surface area contributed by atoms with Gasteiger partial charge in [0.25, 0.3) is 0 Å².